The second-order valence-corrected chi connectivity index (χ2v) is 6.34. The average Bonchev–Trinajstić information content (AvgIpc) is 2.48. The zero-order chi connectivity index (χ0) is 14.7. The largest absolute Gasteiger partial charge is 0.388 e. The van der Waals surface area contributed by atoms with Gasteiger partial charge in [0, 0.05) is 39.1 Å². The average molecular weight is 291 g/mol. The maximum absolute atomic E-state index is 10.6. The van der Waals surface area contributed by atoms with Gasteiger partial charge in [0.25, 0.3) is 0 Å². The number of rotatable bonds is 4. The summed E-state index contributed by atoms with van der Waals surface area (Å²) in [5.74, 6) is 0. The van der Waals surface area contributed by atoms with Crippen LogP contribution in [0.15, 0.2) is 24.3 Å². The molecule has 0 radical (unpaired) electrons. The van der Waals surface area contributed by atoms with Gasteiger partial charge in [-0.3, -0.25) is 0 Å². The maximum atomic E-state index is 10.6. The zero-order valence-corrected chi connectivity index (χ0v) is 12.8. The highest BCUT2D eigenvalue weighted by Gasteiger charge is 2.32. The number of nitrogens with zero attached hydrogens (tertiary/aromatic N) is 1. The van der Waals surface area contributed by atoms with E-state index >= 15 is 0 Å². The lowest BCUT2D eigenvalue weighted by Crippen LogP contribution is -2.46. The molecule has 1 unspecified atom stereocenters. The normalized spacial score (nSPS) is 24.8. The highest BCUT2D eigenvalue weighted by molar-refractivity contribution is 5.31. The Labute approximate surface area is 126 Å². The number of hydrogen-bond acceptors (Lipinski definition) is 4. The van der Waals surface area contributed by atoms with Crippen LogP contribution in [-0.4, -0.2) is 55.6 Å². The van der Waals surface area contributed by atoms with E-state index in [-0.39, 0.29) is 6.10 Å². The van der Waals surface area contributed by atoms with Gasteiger partial charge >= 0.3 is 0 Å². The monoisotopic (exact) mass is 291 g/mol. The van der Waals surface area contributed by atoms with Crippen LogP contribution in [-0.2, 0) is 15.9 Å². The number of ether oxygens (including phenoxy) is 2. The van der Waals surface area contributed by atoms with Gasteiger partial charge in [0.1, 0.15) is 0 Å². The Morgan fingerprint density at radius 3 is 2.81 bits per heavy atom. The van der Waals surface area contributed by atoms with Crippen LogP contribution in [0, 0.1) is 0 Å². The van der Waals surface area contributed by atoms with Gasteiger partial charge in [0.2, 0.25) is 0 Å². The number of aliphatic hydroxyl groups is 1. The Hall–Kier alpha value is -0.940. The predicted octanol–water partition coefficient (Wildman–Crippen LogP) is 1.77. The lowest BCUT2D eigenvalue weighted by molar-refractivity contribution is -0.0829. The van der Waals surface area contributed by atoms with E-state index in [1.54, 1.807) is 0 Å². The first-order chi connectivity index (χ1) is 10.2. The highest BCUT2D eigenvalue weighted by Crippen LogP contribution is 2.28. The fourth-order valence-corrected chi connectivity index (χ4v) is 3.39. The highest BCUT2D eigenvalue weighted by atomic mass is 16.5. The third-order valence-corrected chi connectivity index (χ3v) is 4.56. The van der Waals surface area contributed by atoms with Crippen LogP contribution in [0.25, 0.3) is 0 Å². The summed E-state index contributed by atoms with van der Waals surface area (Å²) in [5, 5.41) is 10.6. The van der Waals surface area contributed by atoms with Crippen LogP contribution in [0.4, 0.5) is 0 Å². The summed E-state index contributed by atoms with van der Waals surface area (Å²) in [7, 11) is 2.06. The molecule has 2 aliphatic rings. The molecule has 0 bridgehead atoms. The molecule has 3 rings (SSSR count). The summed E-state index contributed by atoms with van der Waals surface area (Å²) < 4.78 is 11.3. The lowest BCUT2D eigenvalue weighted by Gasteiger charge is -2.37. The zero-order valence-electron chi connectivity index (χ0n) is 12.8. The molecule has 1 aromatic carbocycles. The van der Waals surface area contributed by atoms with E-state index < -0.39 is 5.60 Å². The van der Waals surface area contributed by atoms with Crippen molar-refractivity contribution >= 4 is 0 Å². The van der Waals surface area contributed by atoms with Gasteiger partial charge in [-0.15, -0.1) is 0 Å². The molecule has 0 spiro atoms. The van der Waals surface area contributed by atoms with Crippen LogP contribution >= 0.6 is 0 Å². The second-order valence-electron chi connectivity index (χ2n) is 6.34. The molecular formula is C17H25NO3. The van der Waals surface area contributed by atoms with Crippen molar-refractivity contribution in [2.45, 2.75) is 31.0 Å². The van der Waals surface area contributed by atoms with Crippen LogP contribution in [0.3, 0.4) is 0 Å². The summed E-state index contributed by atoms with van der Waals surface area (Å²) in [5.41, 5.74) is 2.09. The minimum absolute atomic E-state index is 0.114. The van der Waals surface area contributed by atoms with E-state index in [2.05, 4.69) is 36.2 Å². The Morgan fingerprint density at radius 2 is 2.00 bits per heavy atom. The molecule has 0 aromatic heterocycles. The van der Waals surface area contributed by atoms with Crippen LogP contribution < -0.4 is 0 Å². The van der Waals surface area contributed by atoms with Gasteiger partial charge in [-0.05, 0) is 24.6 Å². The van der Waals surface area contributed by atoms with E-state index in [0.29, 0.717) is 19.8 Å². The molecule has 1 N–H and O–H groups in total. The number of fused-ring (bicyclic) bond motifs is 1. The standard InChI is InChI=1S/C17H25NO3/c1-18(13-17(19)7-10-20-11-8-17)12-16-15-5-3-2-4-14(15)6-9-21-16/h2-5,16,19H,6-13H2,1H3. The van der Waals surface area contributed by atoms with Crippen molar-refractivity contribution in [1.82, 2.24) is 4.90 Å². The van der Waals surface area contributed by atoms with Crippen molar-refractivity contribution in [3.8, 4) is 0 Å². The van der Waals surface area contributed by atoms with Crippen LogP contribution in [0.5, 0.6) is 0 Å². The van der Waals surface area contributed by atoms with Crippen LogP contribution in [0.1, 0.15) is 30.1 Å². The Balaban J connectivity index is 1.61. The molecule has 1 aromatic rings. The van der Waals surface area contributed by atoms with Crippen molar-refractivity contribution in [2.75, 3.05) is 40.0 Å². The SMILES string of the molecule is CN(CC1OCCc2ccccc21)CC1(O)CCOCC1. The molecule has 116 valence electrons. The Bertz CT molecular complexity index is 471. The van der Waals surface area contributed by atoms with E-state index in [1.165, 1.54) is 11.1 Å². The summed E-state index contributed by atoms with van der Waals surface area (Å²) >= 11 is 0. The van der Waals surface area contributed by atoms with Crippen molar-refractivity contribution in [1.29, 1.82) is 0 Å². The van der Waals surface area contributed by atoms with Gasteiger partial charge in [-0.1, -0.05) is 24.3 Å². The van der Waals surface area contributed by atoms with Gasteiger partial charge < -0.3 is 19.5 Å². The van der Waals surface area contributed by atoms with Gasteiger partial charge in [-0.25, -0.2) is 0 Å². The minimum atomic E-state index is -0.610. The third-order valence-electron chi connectivity index (χ3n) is 4.56. The second kappa shape index (κ2) is 6.44. The predicted molar refractivity (Wildman–Crippen MR) is 81.3 cm³/mol. The molecule has 4 heteroatoms. The van der Waals surface area contributed by atoms with E-state index in [0.717, 1.165) is 32.4 Å². The summed E-state index contributed by atoms with van der Waals surface area (Å²) in [6.45, 7) is 3.60. The van der Waals surface area contributed by atoms with E-state index in [4.69, 9.17) is 9.47 Å². The molecule has 1 atom stereocenters. The number of hydrogen-bond donors (Lipinski definition) is 1. The summed E-state index contributed by atoms with van der Waals surface area (Å²) in [6.07, 6.45) is 2.56. The minimum Gasteiger partial charge on any atom is -0.388 e. The Morgan fingerprint density at radius 1 is 1.24 bits per heavy atom. The number of benzene rings is 1. The molecular weight excluding hydrogens is 266 g/mol. The van der Waals surface area contributed by atoms with Crippen LogP contribution in [0.2, 0.25) is 0 Å². The fraction of sp³-hybridized carbons (Fsp3) is 0.647. The van der Waals surface area contributed by atoms with Crippen molar-refractivity contribution < 1.29 is 14.6 Å². The van der Waals surface area contributed by atoms with Crippen molar-refractivity contribution in [3.05, 3.63) is 35.4 Å². The van der Waals surface area contributed by atoms with Gasteiger partial charge in [0.05, 0.1) is 18.3 Å². The van der Waals surface area contributed by atoms with E-state index in [9.17, 15) is 5.11 Å². The fourth-order valence-electron chi connectivity index (χ4n) is 3.39. The lowest BCUT2D eigenvalue weighted by atomic mass is 9.93. The molecule has 21 heavy (non-hydrogen) atoms. The molecule has 4 nitrogen and oxygen atoms in total. The molecule has 1 fully saturated rings. The van der Waals surface area contributed by atoms with Crippen molar-refractivity contribution in [2.24, 2.45) is 0 Å². The molecule has 0 amide bonds. The first-order valence-electron chi connectivity index (χ1n) is 7.84. The smallest absolute Gasteiger partial charge is 0.0954 e. The van der Waals surface area contributed by atoms with Crippen molar-refractivity contribution in [3.63, 3.8) is 0 Å². The quantitative estimate of drug-likeness (QED) is 0.918. The van der Waals surface area contributed by atoms with Gasteiger partial charge in [0.15, 0.2) is 0 Å². The topological polar surface area (TPSA) is 41.9 Å². The summed E-state index contributed by atoms with van der Waals surface area (Å²) in [6, 6.07) is 8.52. The maximum Gasteiger partial charge on any atom is 0.0954 e. The Kier molecular flexibility index (Phi) is 4.60. The van der Waals surface area contributed by atoms with E-state index in [1.807, 2.05) is 0 Å². The van der Waals surface area contributed by atoms with Gasteiger partial charge in [-0.2, -0.15) is 0 Å². The molecule has 2 aliphatic heterocycles. The summed E-state index contributed by atoms with van der Waals surface area (Å²) in [4.78, 5) is 2.19. The first-order valence-corrected chi connectivity index (χ1v) is 7.84. The molecule has 0 aliphatic carbocycles. The molecule has 1 saturated heterocycles. The molecule has 2 heterocycles. The first kappa shape index (κ1) is 15.0. The number of likely N-dealkylation sites (N-methyl/N-ethyl adjacent to an activating group) is 1. The third kappa shape index (κ3) is 3.64. The molecule has 0 saturated carbocycles.